The maximum Gasteiger partial charge on any atom is 0.132 e. The zero-order chi connectivity index (χ0) is 9.14. The van der Waals surface area contributed by atoms with Crippen molar-refractivity contribution in [1.82, 2.24) is 4.98 Å². The first-order valence-electron chi connectivity index (χ1n) is 3.97. The Morgan fingerprint density at radius 1 is 1.58 bits per heavy atom. The summed E-state index contributed by atoms with van der Waals surface area (Å²) in [6, 6.07) is 4.06. The predicted octanol–water partition coefficient (Wildman–Crippen LogP) is 1.93. The Labute approximate surface area is 77.8 Å². The zero-order valence-corrected chi connectivity index (χ0v) is 8.10. The summed E-state index contributed by atoms with van der Waals surface area (Å²) in [5.41, 5.74) is 7.59. The Hall–Kier alpha value is -0.600. The van der Waals surface area contributed by atoms with E-state index in [1.807, 2.05) is 26.0 Å². The minimum Gasteiger partial charge on any atom is -0.328 e. The summed E-state index contributed by atoms with van der Waals surface area (Å²) >= 11 is 5.85. The third-order valence-electron chi connectivity index (χ3n) is 1.62. The Balaban J connectivity index is 2.82. The molecule has 1 aromatic rings. The highest BCUT2D eigenvalue weighted by molar-refractivity contribution is 6.30. The smallest absolute Gasteiger partial charge is 0.132 e. The summed E-state index contributed by atoms with van der Waals surface area (Å²) in [4.78, 5) is 4.20. The number of halogens is 1. The lowest BCUT2D eigenvalue weighted by Crippen LogP contribution is -2.18. The molecule has 0 saturated heterocycles. The van der Waals surface area contributed by atoms with Crippen LogP contribution in [0.2, 0.25) is 5.15 Å². The van der Waals surface area contributed by atoms with E-state index in [-0.39, 0.29) is 6.04 Å². The van der Waals surface area contributed by atoms with Gasteiger partial charge in [0.15, 0.2) is 0 Å². The zero-order valence-electron chi connectivity index (χ0n) is 7.34. The van der Waals surface area contributed by atoms with Crippen molar-refractivity contribution in [3.8, 4) is 0 Å². The van der Waals surface area contributed by atoms with E-state index in [4.69, 9.17) is 17.3 Å². The van der Waals surface area contributed by atoms with Crippen molar-refractivity contribution in [1.29, 1.82) is 0 Å². The van der Waals surface area contributed by atoms with E-state index in [0.29, 0.717) is 5.15 Å². The molecule has 0 saturated carbocycles. The first kappa shape index (κ1) is 9.49. The van der Waals surface area contributed by atoms with E-state index in [1.54, 1.807) is 0 Å². The summed E-state index contributed by atoms with van der Waals surface area (Å²) in [6.07, 6.45) is 0.778. The minimum atomic E-state index is 0.135. The van der Waals surface area contributed by atoms with Gasteiger partial charge in [-0.25, -0.2) is 4.98 Å². The third kappa shape index (κ3) is 2.47. The number of hydrogen-bond acceptors (Lipinski definition) is 2. The average molecular weight is 185 g/mol. The molecule has 1 atom stereocenters. The second-order valence-corrected chi connectivity index (χ2v) is 3.45. The quantitative estimate of drug-likeness (QED) is 0.714. The Bertz CT molecular complexity index is 271. The molecule has 0 aromatic carbocycles. The van der Waals surface area contributed by atoms with Crippen molar-refractivity contribution in [2.24, 2.45) is 5.73 Å². The molecule has 1 aromatic heterocycles. The Morgan fingerprint density at radius 2 is 2.25 bits per heavy atom. The van der Waals surface area contributed by atoms with E-state index < -0.39 is 0 Å². The SMILES string of the molecule is Cc1ccc(CC(C)N)nc1Cl. The molecule has 12 heavy (non-hydrogen) atoms. The molecule has 0 spiro atoms. The number of nitrogens with two attached hydrogens (primary N) is 1. The lowest BCUT2D eigenvalue weighted by atomic mass is 10.1. The van der Waals surface area contributed by atoms with Crippen molar-refractivity contribution in [3.05, 3.63) is 28.5 Å². The van der Waals surface area contributed by atoms with Crippen LogP contribution in [0.4, 0.5) is 0 Å². The second-order valence-electron chi connectivity index (χ2n) is 3.09. The third-order valence-corrected chi connectivity index (χ3v) is 2.01. The molecule has 0 amide bonds. The normalized spacial score (nSPS) is 13.0. The van der Waals surface area contributed by atoms with Crippen molar-refractivity contribution in [2.45, 2.75) is 26.3 Å². The van der Waals surface area contributed by atoms with Gasteiger partial charge in [-0.2, -0.15) is 0 Å². The van der Waals surface area contributed by atoms with Gasteiger partial charge in [-0.3, -0.25) is 0 Å². The molecule has 0 fully saturated rings. The van der Waals surface area contributed by atoms with Gasteiger partial charge in [0.2, 0.25) is 0 Å². The van der Waals surface area contributed by atoms with Crippen LogP contribution in [0.3, 0.4) is 0 Å². The van der Waals surface area contributed by atoms with Crippen LogP contribution in [0.1, 0.15) is 18.2 Å². The van der Waals surface area contributed by atoms with Gasteiger partial charge < -0.3 is 5.73 Å². The number of hydrogen-bond donors (Lipinski definition) is 1. The molecular weight excluding hydrogens is 172 g/mol. The monoisotopic (exact) mass is 184 g/mol. The first-order valence-corrected chi connectivity index (χ1v) is 4.35. The molecular formula is C9H13ClN2. The molecule has 0 aliphatic rings. The molecule has 66 valence electrons. The van der Waals surface area contributed by atoms with Gasteiger partial charge >= 0.3 is 0 Å². The lowest BCUT2D eigenvalue weighted by Gasteiger charge is -2.05. The second kappa shape index (κ2) is 3.87. The maximum atomic E-state index is 5.85. The number of aromatic nitrogens is 1. The van der Waals surface area contributed by atoms with Crippen LogP contribution in [-0.2, 0) is 6.42 Å². The van der Waals surface area contributed by atoms with Crippen molar-refractivity contribution < 1.29 is 0 Å². The lowest BCUT2D eigenvalue weighted by molar-refractivity contribution is 0.722. The molecule has 0 bridgehead atoms. The van der Waals surface area contributed by atoms with Crippen molar-refractivity contribution in [3.63, 3.8) is 0 Å². The van der Waals surface area contributed by atoms with Gasteiger partial charge in [0.05, 0.1) is 0 Å². The highest BCUT2D eigenvalue weighted by Gasteiger charge is 2.01. The van der Waals surface area contributed by atoms with Crippen LogP contribution in [-0.4, -0.2) is 11.0 Å². The van der Waals surface area contributed by atoms with E-state index in [9.17, 15) is 0 Å². The topological polar surface area (TPSA) is 38.9 Å². The van der Waals surface area contributed by atoms with Crippen LogP contribution in [0.5, 0.6) is 0 Å². The standard InChI is InChI=1S/C9H13ClN2/c1-6-3-4-8(5-7(2)11)12-9(6)10/h3-4,7H,5,11H2,1-2H3. The molecule has 2 nitrogen and oxygen atoms in total. The van der Waals surface area contributed by atoms with E-state index in [0.717, 1.165) is 17.7 Å². The molecule has 1 rings (SSSR count). The van der Waals surface area contributed by atoms with Gasteiger partial charge in [-0.15, -0.1) is 0 Å². The number of rotatable bonds is 2. The van der Waals surface area contributed by atoms with Crippen LogP contribution in [0.15, 0.2) is 12.1 Å². The summed E-state index contributed by atoms with van der Waals surface area (Å²) < 4.78 is 0. The van der Waals surface area contributed by atoms with Crippen molar-refractivity contribution in [2.75, 3.05) is 0 Å². The van der Waals surface area contributed by atoms with Crippen LogP contribution >= 0.6 is 11.6 Å². The number of nitrogens with zero attached hydrogens (tertiary/aromatic N) is 1. The Morgan fingerprint density at radius 3 is 2.75 bits per heavy atom. The largest absolute Gasteiger partial charge is 0.328 e. The number of pyridine rings is 1. The summed E-state index contributed by atoms with van der Waals surface area (Å²) in [6.45, 7) is 3.89. The van der Waals surface area contributed by atoms with Gasteiger partial charge in [0.1, 0.15) is 5.15 Å². The highest BCUT2D eigenvalue weighted by atomic mass is 35.5. The molecule has 0 radical (unpaired) electrons. The highest BCUT2D eigenvalue weighted by Crippen LogP contribution is 2.12. The number of aryl methyl sites for hydroxylation is 1. The van der Waals surface area contributed by atoms with Crippen molar-refractivity contribution >= 4 is 11.6 Å². The van der Waals surface area contributed by atoms with Crippen LogP contribution < -0.4 is 5.73 Å². The summed E-state index contributed by atoms with van der Waals surface area (Å²) in [7, 11) is 0. The van der Waals surface area contributed by atoms with Gasteiger partial charge in [0, 0.05) is 18.2 Å². The molecule has 3 heteroatoms. The first-order chi connectivity index (χ1) is 5.59. The molecule has 1 heterocycles. The van der Waals surface area contributed by atoms with Gasteiger partial charge in [-0.1, -0.05) is 17.7 Å². The van der Waals surface area contributed by atoms with Gasteiger partial charge in [-0.05, 0) is 25.5 Å². The maximum absolute atomic E-state index is 5.85. The molecule has 1 unspecified atom stereocenters. The molecule has 0 aliphatic heterocycles. The minimum absolute atomic E-state index is 0.135. The van der Waals surface area contributed by atoms with Crippen LogP contribution in [0.25, 0.3) is 0 Å². The summed E-state index contributed by atoms with van der Waals surface area (Å²) in [5.74, 6) is 0. The van der Waals surface area contributed by atoms with E-state index >= 15 is 0 Å². The fourth-order valence-corrected chi connectivity index (χ4v) is 1.16. The Kier molecular flexibility index (Phi) is 3.06. The van der Waals surface area contributed by atoms with E-state index in [1.165, 1.54) is 0 Å². The van der Waals surface area contributed by atoms with E-state index in [2.05, 4.69) is 4.98 Å². The molecule has 0 aliphatic carbocycles. The van der Waals surface area contributed by atoms with Crippen LogP contribution in [0, 0.1) is 6.92 Å². The molecule has 2 N–H and O–H groups in total. The fourth-order valence-electron chi connectivity index (χ4n) is 0.985. The van der Waals surface area contributed by atoms with Gasteiger partial charge in [0.25, 0.3) is 0 Å². The average Bonchev–Trinajstić information content (AvgIpc) is 1.96. The summed E-state index contributed by atoms with van der Waals surface area (Å²) in [5, 5.41) is 0.577. The predicted molar refractivity (Wildman–Crippen MR) is 51.3 cm³/mol. The fraction of sp³-hybridized carbons (Fsp3) is 0.444.